The second-order valence-electron chi connectivity index (χ2n) is 3.22. The Morgan fingerprint density at radius 3 is 2.19 bits per heavy atom. The summed E-state index contributed by atoms with van der Waals surface area (Å²) in [6, 6.07) is 10.3. The molecule has 0 radical (unpaired) electrons. The molecule has 0 aliphatic carbocycles. The van der Waals surface area contributed by atoms with Gasteiger partial charge in [0.25, 0.3) is 0 Å². The van der Waals surface area contributed by atoms with Gasteiger partial charge >= 0.3 is 0 Å². The lowest BCUT2D eigenvalue weighted by Gasteiger charge is -2.08. The van der Waals surface area contributed by atoms with Crippen LogP contribution in [-0.2, 0) is 0 Å². The molecule has 0 aliphatic heterocycles. The average Bonchev–Trinajstić information content (AvgIpc) is 2.27. The number of rotatable bonds is 2. The normalized spacial score (nSPS) is 10.0. The Morgan fingerprint density at radius 1 is 0.750 bits per heavy atom. The molecule has 4 heteroatoms. The Hall–Kier alpha value is -2.36. The summed E-state index contributed by atoms with van der Waals surface area (Å²) in [4.78, 5) is 0. The van der Waals surface area contributed by atoms with Gasteiger partial charge in [-0.15, -0.1) is 0 Å². The quantitative estimate of drug-likeness (QED) is 0.677. The van der Waals surface area contributed by atoms with E-state index in [2.05, 4.69) is 0 Å². The fraction of sp³-hybridized carbons (Fsp3) is 0. The Bertz CT molecular complexity index is 508. The van der Waals surface area contributed by atoms with Crippen molar-refractivity contribution >= 4 is 0 Å². The largest absolute Gasteiger partial charge is 0.508 e. The van der Waals surface area contributed by atoms with Gasteiger partial charge in [0.05, 0.1) is 0 Å². The second kappa shape index (κ2) is 4.02. The molecular weight excluding hydrogens is 208 g/mol. The highest BCUT2D eigenvalue weighted by molar-refractivity contribution is 5.48. The maximum Gasteiger partial charge on any atom is 0.172 e. The van der Waals surface area contributed by atoms with Crippen molar-refractivity contribution in [3.63, 3.8) is 0 Å². The van der Waals surface area contributed by atoms with Crippen LogP contribution in [0.3, 0.4) is 0 Å². The Labute approximate surface area is 92.0 Å². The van der Waals surface area contributed by atoms with Gasteiger partial charge in [-0.25, -0.2) is 0 Å². The lowest BCUT2D eigenvalue weighted by atomic mass is 10.3. The van der Waals surface area contributed by atoms with Gasteiger partial charge in [-0.05, 0) is 24.3 Å². The van der Waals surface area contributed by atoms with E-state index in [-0.39, 0.29) is 28.7 Å². The van der Waals surface area contributed by atoms with E-state index in [9.17, 15) is 15.3 Å². The minimum Gasteiger partial charge on any atom is -0.508 e. The number of phenolic OH excluding ortho intramolecular Hbond substituents is 3. The van der Waals surface area contributed by atoms with Gasteiger partial charge in [0, 0.05) is 6.07 Å². The molecule has 0 aliphatic rings. The molecule has 4 nitrogen and oxygen atoms in total. The van der Waals surface area contributed by atoms with Crippen molar-refractivity contribution in [2.24, 2.45) is 0 Å². The number of hydrogen-bond donors (Lipinski definition) is 3. The predicted octanol–water partition coefficient (Wildman–Crippen LogP) is 2.60. The number of aromatic hydroxyl groups is 3. The van der Waals surface area contributed by atoms with E-state index in [0.717, 1.165) is 0 Å². The first-order valence-corrected chi connectivity index (χ1v) is 4.64. The first-order valence-electron chi connectivity index (χ1n) is 4.64. The summed E-state index contributed by atoms with van der Waals surface area (Å²) in [6.07, 6.45) is 0. The first kappa shape index (κ1) is 10.2. The molecule has 0 unspecified atom stereocenters. The molecule has 0 heterocycles. The van der Waals surface area contributed by atoms with E-state index in [1.807, 2.05) is 0 Å². The summed E-state index contributed by atoms with van der Waals surface area (Å²) in [5.41, 5.74) is 0. The average molecular weight is 218 g/mol. The smallest absolute Gasteiger partial charge is 0.172 e. The lowest BCUT2D eigenvalue weighted by Crippen LogP contribution is -1.85. The Kier molecular flexibility index (Phi) is 2.55. The van der Waals surface area contributed by atoms with Gasteiger partial charge in [0.2, 0.25) is 0 Å². The van der Waals surface area contributed by atoms with Crippen molar-refractivity contribution < 1.29 is 20.1 Å². The van der Waals surface area contributed by atoms with Crippen LogP contribution in [0.15, 0.2) is 42.5 Å². The molecule has 0 amide bonds. The highest BCUT2D eigenvalue weighted by Crippen LogP contribution is 2.36. The van der Waals surface area contributed by atoms with Crippen molar-refractivity contribution in [3.05, 3.63) is 42.5 Å². The van der Waals surface area contributed by atoms with E-state index in [1.165, 1.54) is 24.3 Å². The minimum atomic E-state index is -0.110. The monoisotopic (exact) mass is 218 g/mol. The fourth-order valence-electron chi connectivity index (χ4n) is 1.25. The van der Waals surface area contributed by atoms with Gasteiger partial charge in [-0.2, -0.15) is 0 Å². The van der Waals surface area contributed by atoms with Gasteiger partial charge < -0.3 is 20.1 Å². The van der Waals surface area contributed by atoms with Crippen LogP contribution in [-0.4, -0.2) is 15.3 Å². The summed E-state index contributed by atoms with van der Waals surface area (Å²) in [5.74, 6) is 0.124. The van der Waals surface area contributed by atoms with Crippen LogP contribution >= 0.6 is 0 Å². The first-order chi connectivity index (χ1) is 7.66. The number of phenols is 3. The molecule has 0 bridgehead atoms. The van der Waals surface area contributed by atoms with Crippen molar-refractivity contribution in [1.82, 2.24) is 0 Å². The molecule has 0 atom stereocenters. The fourth-order valence-corrected chi connectivity index (χ4v) is 1.25. The van der Waals surface area contributed by atoms with Gasteiger partial charge in [-0.3, -0.25) is 0 Å². The zero-order valence-electron chi connectivity index (χ0n) is 8.29. The minimum absolute atomic E-state index is 0.0248. The molecule has 0 saturated carbocycles. The maximum atomic E-state index is 9.47. The number of hydrogen-bond acceptors (Lipinski definition) is 4. The SMILES string of the molecule is Oc1ccc(O)c(Oc2ccccc2O)c1. The van der Waals surface area contributed by atoms with Crippen molar-refractivity contribution in [2.45, 2.75) is 0 Å². The molecule has 2 aromatic carbocycles. The van der Waals surface area contributed by atoms with Gasteiger partial charge in [-0.1, -0.05) is 12.1 Å². The Balaban J connectivity index is 2.34. The topological polar surface area (TPSA) is 69.9 Å². The molecule has 0 aromatic heterocycles. The summed E-state index contributed by atoms with van der Waals surface area (Å²) in [6.45, 7) is 0. The number of ether oxygens (including phenoxy) is 1. The highest BCUT2D eigenvalue weighted by Gasteiger charge is 2.07. The van der Waals surface area contributed by atoms with Crippen LogP contribution in [0.4, 0.5) is 0 Å². The van der Waals surface area contributed by atoms with E-state index >= 15 is 0 Å². The molecule has 16 heavy (non-hydrogen) atoms. The molecule has 2 aromatic rings. The number of para-hydroxylation sites is 2. The molecular formula is C12H10O4. The summed E-state index contributed by atoms with van der Waals surface area (Å²) in [7, 11) is 0. The second-order valence-corrected chi connectivity index (χ2v) is 3.22. The summed E-state index contributed by atoms with van der Waals surface area (Å²) >= 11 is 0. The molecule has 0 saturated heterocycles. The van der Waals surface area contributed by atoms with E-state index in [1.54, 1.807) is 18.2 Å². The Morgan fingerprint density at radius 2 is 1.44 bits per heavy atom. The molecule has 3 N–H and O–H groups in total. The molecule has 0 fully saturated rings. The van der Waals surface area contributed by atoms with Crippen LogP contribution in [0.5, 0.6) is 28.7 Å². The van der Waals surface area contributed by atoms with E-state index in [0.29, 0.717) is 0 Å². The third kappa shape index (κ3) is 2.00. The summed E-state index contributed by atoms with van der Waals surface area (Å²) in [5, 5.41) is 28.2. The third-order valence-electron chi connectivity index (χ3n) is 2.03. The van der Waals surface area contributed by atoms with E-state index < -0.39 is 0 Å². The van der Waals surface area contributed by atoms with Crippen molar-refractivity contribution in [1.29, 1.82) is 0 Å². The van der Waals surface area contributed by atoms with Crippen LogP contribution in [0.25, 0.3) is 0 Å². The molecule has 0 spiro atoms. The zero-order valence-corrected chi connectivity index (χ0v) is 8.29. The van der Waals surface area contributed by atoms with Gasteiger partial charge in [0.1, 0.15) is 5.75 Å². The third-order valence-corrected chi connectivity index (χ3v) is 2.03. The van der Waals surface area contributed by atoms with Gasteiger partial charge in [0.15, 0.2) is 23.0 Å². The van der Waals surface area contributed by atoms with Crippen LogP contribution in [0.1, 0.15) is 0 Å². The van der Waals surface area contributed by atoms with Crippen LogP contribution in [0, 0.1) is 0 Å². The van der Waals surface area contributed by atoms with Crippen LogP contribution in [0.2, 0.25) is 0 Å². The predicted molar refractivity (Wildman–Crippen MR) is 58.0 cm³/mol. The highest BCUT2D eigenvalue weighted by atomic mass is 16.5. The lowest BCUT2D eigenvalue weighted by molar-refractivity contribution is 0.381. The van der Waals surface area contributed by atoms with Crippen LogP contribution < -0.4 is 4.74 Å². The zero-order chi connectivity index (χ0) is 11.5. The maximum absolute atomic E-state index is 9.47. The van der Waals surface area contributed by atoms with Crippen molar-refractivity contribution in [3.8, 4) is 28.7 Å². The molecule has 82 valence electrons. The standard InChI is InChI=1S/C12H10O4/c13-8-5-6-10(15)12(7-8)16-11-4-2-1-3-9(11)14/h1-7,13-15H. The molecule has 2 rings (SSSR count). The number of benzene rings is 2. The van der Waals surface area contributed by atoms with E-state index in [4.69, 9.17) is 4.74 Å². The summed E-state index contributed by atoms with van der Waals surface area (Å²) < 4.78 is 5.26. The van der Waals surface area contributed by atoms with Crippen molar-refractivity contribution in [2.75, 3.05) is 0 Å².